The van der Waals surface area contributed by atoms with Gasteiger partial charge in [0.2, 0.25) is 5.91 Å². The molecule has 0 radical (unpaired) electrons. The molecule has 1 amide bonds. The predicted octanol–water partition coefficient (Wildman–Crippen LogP) is 2.01. The first-order valence-corrected chi connectivity index (χ1v) is 8.38. The first-order chi connectivity index (χ1) is 10.6. The molecule has 1 aromatic rings. The fourth-order valence-corrected chi connectivity index (χ4v) is 3.33. The Hall–Kier alpha value is -1.53. The second-order valence-corrected chi connectivity index (χ2v) is 6.63. The van der Waals surface area contributed by atoms with Crippen LogP contribution in [0.3, 0.4) is 0 Å². The average molecular weight is 323 g/mol. The summed E-state index contributed by atoms with van der Waals surface area (Å²) in [6.07, 6.45) is -0.0676. The summed E-state index contributed by atoms with van der Waals surface area (Å²) in [5.41, 5.74) is 1.18. The van der Waals surface area contributed by atoms with Gasteiger partial charge in [0.15, 0.2) is 0 Å². The molecule has 5 nitrogen and oxygen atoms in total. The van der Waals surface area contributed by atoms with E-state index in [1.165, 1.54) is 5.56 Å². The number of amides is 1. The number of aliphatic carboxylic acids is 1. The van der Waals surface area contributed by atoms with E-state index in [1.54, 1.807) is 16.7 Å². The van der Waals surface area contributed by atoms with Crippen LogP contribution in [0.15, 0.2) is 30.3 Å². The molecular weight excluding hydrogens is 302 g/mol. The van der Waals surface area contributed by atoms with Crippen LogP contribution in [0.1, 0.15) is 18.9 Å². The lowest BCUT2D eigenvalue weighted by Crippen LogP contribution is -2.51. The van der Waals surface area contributed by atoms with Crippen molar-refractivity contribution in [2.45, 2.75) is 30.4 Å². The summed E-state index contributed by atoms with van der Waals surface area (Å²) >= 11 is 1.57. The fourth-order valence-electron chi connectivity index (χ4n) is 2.42. The van der Waals surface area contributed by atoms with Gasteiger partial charge >= 0.3 is 5.97 Å². The van der Waals surface area contributed by atoms with Crippen molar-refractivity contribution in [3.05, 3.63) is 35.9 Å². The highest BCUT2D eigenvalue weighted by atomic mass is 32.2. The molecule has 1 fully saturated rings. The van der Waals surface area contributed by atoms with Gasteiger partial charge in [-0.25, -0.2) is 0 Å². The SMILES string of the molecule is CC(SCc1ccccc1)C(=O)N1CCOCC1CC(=O)O. The Morgan fingerprint density at radius 1 is 1.41 bits per heavy atom. The second-order valence-electron chi connectivity index (χ2n) is 5.30. The Morgan fingerprint density at radius 3 is 2.82 bits per heavy atom. The summed E-state index contributed by atoms with van der Waals surface area (Å²) < 4.78 is 5.31. The predicted molar refractivity (Wildman–Crippen MR) is 85.8 cm³/mol. The molecule has 1 aliphatic rings. The van der Waals surface area contributed by atoms with Crippen molar-refractivity contribution in [3.63, 3.8) is 0 Å². The highest BCUT2D eigenvalue weighted by Crippen LogP contribution is 2.22. The molecule has 0 bridgehead atoms. The van der Waals surface area contributed by atoms with Crippen molar-refractivity contribution in [2.75, 3.05) is 19.8 Å². The zero-order valence-electron chi connectivity index (χ0n) is 12.6. The Labute approximate surface area is 134 Å². The molecule has 2 rings (SSSR count). The minimum absolute atomic E-state index is 0.00418. The molecule has 2 atom stereocenters. The van der Waals surface area contributed by atoms with Gasteiger partial charge in [-0.05, 0) is 12.5 Å². The van der Waals surface area contributed by atoms with Crippen molar-refractivity contribution >= 4 is 23.6 Å². The monoisotopic (exact) mass is 323 g/mol. The zero-order chi connectivity index (χ0) is 15.9. The van der Waals surface area contributed by atoms with Gasteiger partial charge in [-0.3, -0.25) is 9.59 Å². The van der Waals surface area contributed by atoms with Crippen LogP contribution in [0.5, 0.6) is 0 Å². The summed E-state index contributed by atoms with van der Waals surface area (Å²) in [5.74, 6) is -0.143. The first-order valence-electron chi connectivity index (χ1n) is 7.33. The van der Waals surface area contributed by atoms with E-state index in [9.17, 15) is 9.59 Å². The Bertz CT molecular complexity index is 508. The van der Waals surface area contributed by atoms with E-state index < -0.39 is 5.97 Å². The molecule has 1 saturated heterocycles. The molecule has 0 aromatic heterocycles. The molecular formula is C16H21NO4S. The minimum Gasteiger partial charge on any atom is -0.481 e. The molecule has 1 aromatic carbocycles. The van der Waals surface area contributed by atoms with Crippen LogP contribution >= 0.6 is 11.8 Å². The number of nitrogens with zero attached hydrogens (tertiary/aromatic N) is 1. The third kappa shape index (κ3) is 4.74. The summed E-state index contributed by atoms with van der Waals surface area (Å²) in [6, 6.07) is 9.63. The maximum atomic E-state index is 12.6. The number of carboxylic acid groups (broad SMARTS) is 1. The van der Waals surface area contributed by atoms with E-state index in [-0.39, 0.29) is 23.6 Å². The number of carbonyl (C=O) groups is 2. The second kappa shape index (κ2) is 8.19. The number of thioether (sulfide) groups is 1. The molecule has 0 aliphatic carbocycles. The number of morpholine rings is 1. The number of carbonyl (C=O) groups excluding carboxylic acids is 1. The normalized spacial score (nSPS) is 19.7. The number of rotatable bonds is 6. The smallest absolute Gasteiger partial charge is 0.305 e. The number of carboxylic acids is 1. The molecule has 22 heavy (non-hydrogen) atoms. The quantitative estimate of drug-likeness (QED) is 0.867. The molecule has 2 unspecified atom stereocenters. The van der Waals surface area contributed by atoms with E-state index in [2.05, 4.69) is 0 Å². The Kier molecular flexibility index (Phi) is 6.27. The average Bonchev–Trinajstić information content (AvgIpc) is 2.53. The van der Waals surface area contributed by atoms with Gasteiger partial charge in [0.05, 0.1) is 30.9 Å². The van der Waals surface area contributed by atoms with Crippen LogP contribution in [0.25, 0.3) is 0 Å². The van der Waals surface area contributed by atoms with Crippen LogP contribution in [0.2, 0.25) is 0 Å². The number of benzene rings is 1. The zero-order valence-corrected chi connectivity index (χ0v) is 13.4. The van der Waals surface area contributed by atoms with E-state index in [0.29, 0.717) is 19.8 Å². The number of hydrogen-bond donors (Lipinski definition) is 1. The van der Waals surface area contributed by atoms with Gasteiger partial charge in [0.25, 0.3) is 0 Å². The summed E-state index contributed by atoms with van der Waals surface area (Å²) in [4.78, 5) is 25.2. The summed E-state index contributed by atoms with van der Waals surface area (Å²) in [7, 11) is 0. The first kappa shape index (κ1) is 16.8. The van der Waals surface area contributed by atoms with Crippen molar-refractivity contribution in [1.82, 2.24) is 4.90 Å². The highest BCUT2D eigenvalue weighted by Gasteiger charge is 2.31. The van der Waals surface area contributed by atoms with Gasteiger partial charge in [-0.2, -0.15) is 0 Å². The Balaban J connectivity index is 1.91. The maximum Gasteiger partial charge on any atom is 0.305 e. The van der Waals surface area contributed by atoms with Gasteiger partial charge in [-0.1, -0.05) is 30.3 Å². The lowest BCUT2D eigenvalue weighted by Gasteiger charge is -2.36. The molecule has 1 aliphatic heterocycles. The molecule has 1 N–H and O–H groups in total. The standard InChI is InChI=1S/C16H21NO4S/c1-12(22-11-13-5-3-2-4-6-13)16(20)17-7-8-21-10-14(17)9-15(18)19/h2-6,12,14H,7-11H2,1H3,(H,18,19). The Morgan fingerprint density at radius 2 is 2.14 bits per heavy atom. The van der Waals surface area contributed by atoms with Crippen molar-refractivity contribution in [2.24, 2.45) is 0 Å². The van der Waals surface area contributed by atoms with E-state index in [1.807, 2.05) is 37.3 Å². The van der Waals surface area contributed by atoms with Crippen LogP contribution < -0.4 is 0 Å². The molecule has 120 valence electrons. The van der Waals surface area contributed by atoms with E-state index in [0.717, 1.165) is 5.75 Å². The highest BCUT2D eigenvalue weighted by molar-refractivity contribution is 7.99. The van der Waals surface area contributed by atoms with Crippen molar-refractivity contribution in [3.8, 4) is 0 Å². The van der Waals surface area contributed by atoms with E-state index >= 15 is 0 Å². The molecule has 1 heterocycles. The number of ether oxygens (including phenoxy) is 1. The summed E-state index contributed by atoms with van der Waals surface area (Å²) in [6.45, 7) is 3.11. The minimum atomic E-state index is -0.905. The third-order valence-corrected chi connectivity index (χ3v) is 4.81. The fraction of sp³-hybridized carbons (Fsp3) is 0.500. The third-order valence-electron chi connectivity index (χ3n) is 3.61. The molecule has 6 heteroatoms. The van der Waals surface area contributed by atoms with Crippen molar-refractivity contribution in [1.29, 1.82) is 0 Å². The van der Waals surface area contributed by atoms with Gasteiger partial charge in [0.1, 0.15) is 0 Å². The van der Waals surface area contributed by atoms with Crippen LogP contribution in [0.4, 0.5) is 0 Å². The number of hydrogen-bond acceptors (Lipinski definition) is 4. The maximum absolute atomic E-state index is 12.6. The van der Waals surface area contributed by atoms with Crippen LogP contribution in [-0.2, 0) is 20.1 Å². The van der Waals surface area contributed by atoms with Gasteiger partial charge in [-0.15, -0.1) is 11.8 Å². The van der Waals surface area contributed by atoms with Crippen molar-refractivity contribution < 1.29 is 19.4 Å². The van der Waals surface area contributed by atoms with E-state index in [4.69, 9.17) is 9.84 Å². The lowest BCUT2D eigenvalue weighted by atomic mass is 10.1. The van der Waals surface area contributed by atoms with Crippen LogP contribution in [0, 0.1) is 0 Å². The molecule has 0 spiro atoms. The molecule has 0 saturated carbocycles. The topological polar surface area (TPSA) is 66.8 Å². The van der Waals surface area contributed by atoms with Gasteiger partial charge in [0, 0.05) is 12.3 Å². The lowest BCUT2D eigenvalue weighted by molar-refractivity contribution is -0.145. The largest absolute Gasteiger partial charge is 0.481 e. The van der Waals surface area contributed by atoms with Crippen LogP contribution in [-0.4, -0.2) is 52.9 Å². The summed E-state index contributed by atoms with van der Waals surface area (Å²) in [5, 5.41) is 8.76. The van der Waals surface area contributed by atoms with Gasteiger partial charge < -0.3 is 14.7 Å².